The molecule has 0 amide bonds. The molecule has 2 aromatic rings. The molecule has 0 aromatic carbocycles. The van der Waals surface area contributed by atoms with E-state index in [9.17, 15) is 0 Å². The van der Waals surface area contributed by atoms with E-state index in [1.54, 1.807) is 6.33 Å². The highest BCUT2D eigenvalue weighted by Crippen LogP contribution is 2.24. The first-order chi connectivity index (χ1) is 10.8. The molecule has 1 atom stereocenters. The maximum atomic E-state index is 4.42. The Bertz CT molecular complexity index is 609. The second-order valence-corrected chi connectivity index (χ2v) is 5.65. The molecule has 22 heavy (non-hydrogen) atoms. The fourth-order valence-electron chi connectivity index (χ4n) is 2.94. The maximum Gasteiger partial charge on any atom is 0.134 e. The topological polar surface area (TPSA) is 70.9 Å². The highest BCUT2D eigenvalue weighted by atomic mass is 15.3. The minimum Gasteiger partial charge on any atom is -0.373 e. The summed E-state index contributed by atoms with van der Waals surface area (Å²) < 4.78 is 1.83. The van der Waals surface area contributed by atoms with Gasteiger partial charge in [0.25, 0.3) is 0 Å². The molecule has 2 aromatic heterocycles. The van der Waals surface area contributed by atoms with Crippen LogP contribution in [-0.2, 0) is 13.6 Å². The molecule has 3 rings (SSSR count). The summed E-state index contributed by atoms with van der Waals surface area (Å²) in [6.07, 6.45) is 7.97. The predicted octanol–water partition coefficient (Wildman–Crippen LogP) is 1.01. The van der Waals surface area contributed by atoms with Crippen LogP contribution in [0.4, 0.5) is 11.6 Å². The van der Waals surface area contributed by atoms with Gasteiger partial charge in [0.05, 0.1) is 6.20 Å². The van der Waals surface area contributed by atoms with Gasteiger partial charge < -0.3 is 15.5 Å². The molecule has 3 heterocycles. The van der Waals surface area contributed by atoms with Gasteiger partial charge in [-0.1, -0.05) is 0 Å². The molecule has 0 radical (unpaired) electrons. The number of hydrogen-bond acceptors (Lipinski definition) is 6. The van der Waals surface area contributed by atoms with E-state index in [2.05, 4.69) is 30.6 Å². The van der Waals surface area contributed by atoms with Gasteiger partial charge in [-0.2, -0.15) is 5.10 Å². The fourth-order valence-corrected chi connectivity index (χ4v) is 2.94. The SMILES string of the molecule is CNc1cc(N2CCC[C@H]2CNCc2cnn(C)c2)ncn1. The molecular weight excluding hydrogens is 278 g/mol. The summed E-state index contributed by atoms with van der Waals surface area (Å²) in [7, 11) is 3.82. The molecule has 0 unspecified atom stereocenters. The third kappa shape index (κ3) is 3.36. The Morgan fingerprint density at radius 3 is 3.05 bits per heavy atom. The van der Waals surface area contributed by atoms with Crippen molar-refractivity contribution in [2.45, 2.75) is 25.4 Å². The van der Waals surface area contributed by atoms with Crippen LogP contribution in [0, 0.1) is 0 Å². The van der Waals surface area contributed by atoms with E-state index < -0.39 is 0 Å². The zero-order valence-corrected chi connectivity index (χ0v) is 13.2. The number of anilines is 2. The van der Waals surface area contributed by atoms with Gasteiger partial charge in [-0.05, 0) is 12.8 Å². The lowest BCUT2D eigenvalue weighted by atomic mass is 10.2. The average molecular weight is 301 g/mol. The van der Waals surface area contributed by atoms with Gasteiger partial charge in [0.15, 0.2) is 0 Å². The van der Waals surface area contributed by atoms with E-state index in [1.165, 1.54) is 18.4 Å². The lowest BCUT2D eigenvalue weighted by Crippen LogP contribution is -2.38. The van der Waals surface area contributed by atoms with Crippen molar-refractivity contribution >= 4 is 11.6 Å². The number of aryl methyl sites for hydroxylation is 1. The van der Waals surface area contributed by atoms with Crippen LogP contribution in [0.2, 0.25) is 0 Å². The molecule has 1 aliphatic heterocycles. The smallest absolute Gasteiger partial charge is 0.134 e. The van der Waals surface area contributed by atoms with Crippen molar-refractivity contribution < 1.29 is 0 Å². The Kier molecular flexibility index (Phi) is 4.53. The summed E-state index contributed by atoms with van der Waals surface area (Å²) in [6.45, 7) is 2.86. The summed E-state index contributed by atoms with van der Waals surface area (Å²) in [5.74, 6) is 1.86. The monoisotopic (exact) mass is 301 g/mol. The summed E-state index contributed by atoms with van der Waals surface area (Å²) in [5.41, 5.74) is 1.21. The number of aromatic nitrogens is 4. The summed E-state index contributed by atoms with van der Waals surface area (Å²) >= 11 is 0. The summed E-state index contributed by atoms with van der Waals surface area (Å²) in [4.78, 5) is 11.0. The molecule has 7 heteroatoms. The zero-order valence-electron chi connectivity index (χ0n) is 13.2. The van der Waals surface area contributed by atoms with Crippen molar-refractivity contribution in [1.82, 2.24) is 25.1 Å². The molecule has 7 nitrogen and oxygen atoms in total. The van der Waals surface area contributed by atoms with Gasteiger partial charge in [-0.3, -0.25) is 4.68 Å². The Balaban J connectivity index is 1.58. The molecule has 1 aliphatic rings. The van der Waals surface area contributed by atoms with Crippen LogP contribution in [0.15, 0.2) is 24.8 Å². The molecule has 0 bridgehead atoms. The molecule has 118 valence electrons. The van der Waals surface area contributed by atoms with Crippen molar-refractivity contribution in [2.24, 2.45) is 7.05 Å². The largest absolute Gasteiger partial charge is 0.373 e. The van der Waals surface area contributed by atoms with E-state index in [0.29, 0.717) is 6.04 Å². The number of hydrogen-bond donors (Lipinski definition) is 2. The zero-order chi connectivity index (χ0) is 15.4. The Morgan fingerprint density at radius 1 is 1.36 bits per heavy atom. The van der Waals surface area contributed by atoms with Crippen LogP contribution >= 0.6 is 0 Å². The van der Waals surface area contributed by atoms with Crippen molar-refractivity contribution in [3.05, 3.63) is 30.4 Å². The minimum atomic E-state index is 0.483. The van der Waals surface area contributed by atoms with Crippen LogP contribution < -0.4 is 15.5 Å². The van der Waals surface area contributed by atoms with Gasteiger partial charge in [-0.15, -0.1) is 0 Å². The second-order valence-electron chi connectivity index (χ2n) is 5.65. The second kappa shape index (κ2) is 6.74. The van der Waals surface area contributed by atoms with E-state index in [1.807, 2.05) is 37.2 Å². The average Bonchev–Trinajstić information content (AvgIpc) is 3.16. The van der Waals surface area contributed by atoms with Crippen LogP contribution in [0.5, 0.6) is 0 Å². The van der Waals surface area contributed by atoms with Crippen molar-refractivity contribution in [1.29, 1.82) is 0 Å². The van der Waals surface area contributed by atoms with Crippen LogP contribution in [0.25, 0.3) is 0 Å². The van der Waals surface area contributed by atoms with Crippen molar-refractivity contribution in [3.8, 4) is 0 Å². The third-order valence-corrected chi connectivity index (χ3v) is 4.05. The van der Waals surface area contributed by atoms with Gasteiger partial charge in [0.1, 0.15) is 18.0 Å². The Labute approximate surface area is 130 Å². The van der Waals surface area contributed by atoms with E-state index in [-0.39, 0.29) is 0 Å². The highest BCUT2D eigenvalue weighted by Gasteiger charge is 2.25. The Hall–Kier alpha value is -2.15. The molecular formula is C15H23N7. The third-order valence-electron chi connectivity index (χ3n) is 4.05. The first-order valence-corrected chi connectivity index (χ1v) is 7.71. The summed E-state index contributed by atoms with van der Waals surface area (Å²) in [6, 6.07) is 2.50. The van der Waals surface area contributed by atoms with Gasteiger partial charge in [-0.25, -0.2) is 9.97 Å². The number of rotatable bonds is 6. The first-order valence-electron chi connectivity index (χ1n) is 7.71. The van der Waals surface area contributed by atoms with Crippen molar-refractivity contribution in [3.63, 3.8) is 0 Å². The standard InChI is InChI=1S/C15H23N7/c1-16-14-6-15(19-11-18-14)22-5-3-4-13(22)9-17-7-12-8-20-21(2)10-12/h6,8,10-11,13,17H,3-5,7,9H2,1-2H3,(H,16,18,19)/t13-/m0/s1. The molecule has 1 saturated heterocycles. The van der Waals surface area contributed by atoms with E-state index in [0.717, 1.165) is 31.3 Å². The first kappa shape index (κ1) is 14.8. The molecule has 1 fully saturated rings. The van der Waals surface area contributed by atoms with Crippen molar-refractivity contribution in [2.75, 3.05) is 30.4 Å². The molecule has 0 spiro atoms. The van der Waals surface area contributed by atoms with Crippen LogP contribution in [0.1, 0.15) is 18.4 Å². The van der Waals surface area contributed by atoms with Gasteiger partial charge in [0.2, 0.25) is 0 Å². The maximum absolute atomic E-state index is 4.42. The number of nitrogens with one attached hydrogen (secondary N) is 2. The fraction of sp³-hybridized carbons (Fsp3) is 0.533. The van der Waals surface area contributed by atoms with E-state index >= 15 is 0 Å². The Morgan fingerprint density at radius 2 is 2.27 bits per heavy atom. The van der Waals surface area contributed by atoms with E-state index in [4.69, 9.17) is 0 Å². The molecule has 0 saturated carbocycles. The van der Waals surface area contributed by atoms with Gasteiger partial charge >= 0.3 is 0 Å². The van der Waals surface area contributed by atoms with Crippen LogP contribution in [0.3, 0.4) is 0 Å². The lowest BCUT2D eigenvalue weighted by molar-refractivity contribution is 0.570. The number of nitrogens with zero attached hydrogens (tertiary/aromatic N) is 5. The molecule has 0 aliphatic carbocycles. The normalized spacial score (nSPS) is 17.9. The summed E-state index contributed by atoms with van der Waals surface area (Å²) in [5, 5.41) is 10.8. The van der Waals surface area contributed by atoms with Gasteiger partial charge in [0, 0.05) is 57.6 Å². The quantitative estimate of drug-likeness (QED) is 0.830. The molecule has 2 N–H and O–H groups in total. The highest BCUT2D eigenvalue weighted by molar-refractivity contribution is 5.49. The minimum absolute atomic E-state index is 0.483. The van der Waals surface area contributed by atoms with Crippen LogP contribution in [-0.4, -0.2) is 45.9 Å². The lowest BCUT2D eigenvalue weighted by Gasteiger charge is -2.26. The predicted molar refractivity (Wildman–Crippen MR) is 86.9 cm³/mol.